The third-order valence-electron chi connectivity index (χ3n) is 4.63. The zero-order valence-electron chi connectivity index (χ0n) is 15.4. The quantitative estimate of drug-likeness (QED) is 0.731. The molecule has 1 fully saturated rings. The van der Waals surface area contributed by atoms with E-state index in [-0.39, 0.29) is 5.69 Å². The van der Waals surface area contributed by atoms with Crippen molar-refractivity contribution in [3.8, 4) is 0 Å². The first-order valence-corrected chi connectivity index (χ1v) is 9.09. The van der Waals surface area contributed by atoms with Gasteiger partial charge in [-0.25, -0.2) is 23.7 Å². The van der Waals surface area contributed by atoms with Crippen LogP contribution in [0.3, 0.4) is 0 Å². The van der Waals surface area contributed by atoms with Crippen LogP contribution in [0.25, 0.3) is 0 Å². The van der Waals surface area contributed by atoms with Gasteiger partial charge in [-0.1, -0.05) is 0 Å². The van der Waals surface area contributed by atoms with Gasteiger partial charge < -0.3 is 15.1 Å². The molecule has 1 amide bonds. The molecule has 9 heteroatoms. The number of amides is 1. The van der Waals surface area contributed by atoms with E-state index in [2.05, 4.69) is 30.1 Å². The summed E-state index contributed by atoms with van der Waals surface area (Å²) in [5.74, 6) is -0.947. The minimum absolute atomic E-state index is 0.178. The largest absolute Gasteiger partial charge is 0.353 e. The van der Waals surface area contributed by atoms with E-state index < -0.39 is 17.5 Å². The normalized spacial score (nSPS) is 14.0. The van der Waals surface area contributed by atoms with Crippen LogP contribution >= 0.6 is 0 Å². The Balaban J connectivity index is 1.36. The lowest BCUT2D eigenvalue weighted by Gasteiger charge is -2.35. The number of carbonyl (C=O) groups is 1. The smallest absolute Gasteiger partial charge is 0.257 e. The second-order valence-corrected chi connectivity index (χ2v) is 6.51. The number of carbonyl (C=O) groups excluding carboxylic acids is 1. The summed E-state index contributed by atoms with van der Waals surface area (Å²) in [5.41, 5.74) is 0.507. The Labute approximate surface area is 166 Å². The van der Waals surface area contributed by atoms with Crippen LogP contribution in [0.2, 0.25) is 0 Å². The number of rotatable bonds is 4. The molecule has 1 N–H and O–H groups in total. The Hall–Kier alpha value is -3.62. The molecule has 0 bridgehead atoms. The zero-order chi connectivity index (χ0) is 20.2. The summed E-state index contributed by atoms with van der Waals surface area (Å²) in [7, 11) is 0. The van der Waals surface area contributed by atoms with Crippen LogP contribution in [0.15, 0.2) is 55.0 Å². The standard InChI is InChI=1S/C20H18F2N6O/c21-16-4-3-15(12-17(16)22)26-19(29)14-2-5-18(25-13-14)27-8-10-28(11-9-27)20-23-6-1-7-24-20/h1-7,12-13H,8-11H2,(H,26,29). The lowest BCUT2D eigenvalue weighted by Crippen LogP contribution is -2.47. The van der Waals surface area contributed by atoms with E-state index in [1.54, 1.807) is 30.6 Å². The summed E-state index contributed by atoms with van der Waals surface area (Å²) in [6.07, 6.45) is 4.91. The highest BCUT2D eigenvalue weighted by Crippen LogP contribution is 2.18. The van der Waals surface area contributed by atoms with E-state index in [0.29, 0.717) is 11.5 Å². The van der Waals surface area contributed by atoms with Crippen molar-refractivity contribution < 1.29 is 13.6 Å². The third-order valence-corrected chi connectivity index (χ3v) is 4.63. The van der Waals surface area contributed by atoms with Gasteiger partial charge in [0.1, 0.15) is 5.82 Å². The van der Waals surface area contributed by atoms with E-state index in [9.17, 15) is 13.6 Å². The molecule has 0 aliphatic carbocycles. The van der Waals surface area contributed by atoms with Gasteiger partial charge in [-0.15, -0.1) is 0 Å². The first kappa shape index (κ1) is 18.7. The van der Waals surface area contributed by atoms with Gasteiger partial charge in [0.05, 0.1) is 5.56 Å². The van der Waals surface area contributed by atoms with Crippen molar-refractivity contribution in [1.82, 2.24) is 15.0 Å². The van der Waals surface area contributed by atoms with Crippen molar-refractivity contribution in [3.63, 3.8) is 0 Å². The summed E-state index contributed by atoms with van der Waals surface area (Å²) < 4.78 is 26.3. The van der Waals surface area contributed by atoms with Gasteiger partial charge in [0.15, 0.2) is 11.6 Å². The lowest BCUT2D eigenvalue weighted by molar-refractivity contribution is 0.102. The Morgan fingerprint density at radius 1 is 0.897 bits per heavy atom. The van der Waals surface area contributed by atoms with Gasteiger partial charge in [0, 0.05) is 56.5 Å². The molecule has 4 rings (SSSR count). The van der Waals surface area contributed by atoms with E-state index in [4.69, 9.17) is 0 Å². The van der Waals surface area contributed by atoms with Gasteiger partial charge in [-0.2, -0.15) is 0 Å². The topological polar surface area (TPSA) is 74.2 Å². The van der Waals surface area contributed by atoms with Crippen molar-refractivity contribution in [1.29, 1.82) is 0 Å². The van der Waals surface area contributed by atoms with Crippen LogP contribution in [-0.4, -0.2) is 47.0 Å². The molecule has 29 heavy (non-hydrogen) atoms. The number of piperazine rings is 1. The predicted octanol–water partition coefficient (Wildman–Crippen LogP) is 2.73. The molecule has 1 aliphatic heterocycles. The highest BCUT2D eigenvalue weighted by Gasteiger charge is 2.20. The maximum atomic E-state index is 13.3. The van der Waals surface area contributed by atoms with E-state index in [1.807, 2.05) is 0 Å². The molecule has 0 unspecified atom stereocenters. The first-order chi connectivity index (χ1) is 14.1. The molecular formula is C20H18F2N6O. The van der Waals surface area contributed by atoms with Crippen molar-refractivity contribution in [2.24, 2.45) is 0 Å². The molecule has 1 aromatic carbocycles. The molecule has 0 atom stereocenters. The minimum atomic E-state index is -1.02. The van der Waals surface area contributed by atoms with Crippen molar-refractivity contribution in [2.45, 2.75) is 0 Å². The first-order valence-electron chi connectivity index (χ1n) is 9.09. The summed E-state index contributed by atoms with van der Waals surface area (Å²) in [4.78, 5) is 29.4. The number of benzene rings is 1. The Kier molecular flexibility index (Phi) is 5.28. The van der Waals surface area contributed by atoms with Crippen LogP contribution < -0.4 is 15.1 Å². The molecule has 7 nitrogen and oxygen atoms in total. The summed E-state index contributed by atoms with van der Waals surface area (Å²) >= 11 is 0. The fourth-order valence-electron chi connectivity index (χ4n) is 3.07. The number of aromatic nitrogens is 3. The molecule has 2 aromatic heterocycles. The third kappa shape index (κ3) is 4.29. The van der Waals surface area contributed by atoms with Gasteiger partial charge >= 0.3 is 0 Å². The van der Waals surface area contributed by atoms with Gasteiger partial charge in [0.2, 0.25) is 5.95 Å². The van der Waals surface area contributed by atoms with Gasteiger partial charge in [-0.05, 0) is 30.3 Å². The number of nitrogens with one attached hydrogen (secondary N) is 1. The van der Waals surface area contributed by atoms with Gasteiger partial charge in [-0.3, -0.25) is 4.79 Å². The van der Waals surface area contributed by atoms with Crippen molar-refractivity contribution in [2.75, 3.05) is 41.3 Å². The highest BCUT2D eigenvalue weighted by molar-refractivity contribution is 6.04. The highest BCUT2D eigenvalue weighted by atomic mass is 19.2. The Bertz CT molecular complexity index is 992. The zero-order valence-corrected chi connectivity index (χ0v) is 15.4. The van der Waals surface area contributed by atoms with Crippen molar-refractivity contribution in [3.05, 3.63) is 72.2 Å². The maximum absolute atomic E-state index is 13.3. The monoisotopic (exact) mass is 396 g/mol. The number of pyridine rings is 1. The van der Waals surface area contributed by atoms with Crippen molar-refractivity contribution >= 4 is 23.4 Å². The average molecular weight is 396 g/mol. The van der Waals surface area contributed by atoms with Gasteiger partial charge in [0.25, 0.3) is 5.91 Å². The summed E-state index contributed by atoms with van der Waals surface area (Å²) in [6, 6.07) is 8.42. The molecule has 1 aliphatic rings. The predicted molar refractivity (Wildman–Crippen MR) is 105 cm³/mol. The van der Waals surface area contributed by atoms with Crippen LogP contribution in [0.4, 0.5) is 26.2 Å². The van der Waals surface area contributed by atoms with Crippen LogP contribution in [0.5, 0.6) is 0 Å². The number of nitrogens with zero attached hydrogens (tertiary/aromatic N) is 5. The molecular weight excluding hydrogens is 378 g/mol. The van der Waals surface area contributed by atoms with E-state index in [0.717, 1.165) is 44.1 Å². The molecule has 3 heterocycles. The molecule has 148 valence electrons. The number of halogens is 2. The SMILES string of the molecule is O=C(Nc1ccc(F)c(F)c1)c1ccc(N2CCN(c3ncccn3)CC2)nc1. The molecule has 0 saturated carbocycles. The number of hydrogen-bond donors (Lipinski definition) is 1. The molecule has 3 aromatic rings. The van der Waals surface area contributed by atoms with E-state index >= 15 is 0 Å². The minimum Gasteiger partial charge on any atom is -0.353 e. The molecule has 0 spiro atoms. The lowest BCUT2D eigenvalue weighted by atomic mass is 10.2. The Morgan fingerprint density at radius 2 is 1.62 bits per heavy atom. The maximum Gasteiger partial charge on any atom is 0.257 e. The summed E-state index contributed by atoms with van der Waals surface area (Å²) in [5, 5.41) is 2.53. The second kappa shape index (κ2) is 8.17. The summed E-state index contributed by atoms with van der Waals surface area (Å²) in [6.45, 7) is 3.05. The van der Waals surface area contributed by atoms with Crippen LogP contribution in [0, 0.1) is 11.6 Å². The van der Waals surface area contributed by atoms with Crippen LogP contribution in [-0.2, 0) is 0 Å². The number of anilines is 3. The average Bonchev–Trinajstić information content (AvgIpc) is 2.77. The molecule has 0 radical (unpaired) electrons. The number of hydrogen-bond acceptors (Lipinski definition) is 6. The Morgan fingerprint density at radius 3 is 2.28 bits per heavy atom. The molecule has 1 saturated heterocycles. The van der Waals surface area contributed by atoms with Crippen LogP contribution in [0.1, 0.15) is 10.4 Å². The second-order valence-electron chi connectivity index (χ2n) is 6.51. The fraction of sp³-hybridized carbons (Fsp3) is 0.200. The van der Waals surface area contributed by atoms with E-state index in [1.165, 1.54) is 12.3 Å². The fourth-order valence-corrected chi connectivity index (χ4v) is 3.07.